The van der Waals surface area contributed by atoms with Crippen LogP contribution >= 0.6 is 0 Å². The molecule has 0 saturated carbocycles. The predicted octanol–water partition coefficient (Wildman–Crippen LogP) is 13.7. The molecule has 0 N–H and O–H groups in total. The van der Waals surface area contributed by atoms with E-state index in [2.05, 4.69) is 159 Å². The van der Waals surface area contributed by atoms with Crippen molar-refractivity contribution in [3.05, 3.63) is 214 Å². The van der Waals surface area contributed by atoms with E-state index in [0.717, 1.165) is 12.8 Å². The summed E-state index contributed by atoms with van der Waals surface area (Å²) >= 11 is -0.848. The Morgan fingerprint density at radius 3 is 1.20 bits per heavy atom. The molecule has 1 aliphatic heterocycles. The normalized spacial score (nSPS) is 17.3. The first-order valence-corrected chi connectivity index (χ1v) is 21.0. The van der Waals surface area contributed by atoms with Crippen LogP contribution < -0.4 is 0 Å². The molecular weight excluding hydrogens is 692 g/mol. The van der Waals surface area contributed by atoms with Crippen molar-refractivity contribution in [2.45, 2.75) is 33.9 Å². The van der Waals surface area contributed by atoms with Gasteiger partial charge in [0.15, 0.2) is 0 Å². The fourth-order valence-corrected chi connectivity index (χ4v) is 13.1. The van der Waals surface area contributed by atoms with Crippen molar-refractivity contribution in [2.24, 2.45) is 0 Å². The topological polar surface area (TPSA) is 0 Å². The monoisotopic (exact) mass is 732 g/mol. The van der Waals surface area contributed by atoms with Gasteiger partial charge >= 0.3 is 221 Å². The van der Waals surface area contributed by atoms with E-state index in [1.165, 1.54) is 33.4 Å². The Bertz CT molecular complexity index is 2110. The SMILES string of the molecule is C(C=Cc1ccccc1)=Cc1ccccc1.CC1=C2CCC3=C(C)[CH]([Zr][CH]1c1cccc(-c4ccccc4)c12)c1cccc(-c2ccccc2)c13. The van der Waals surface area contributed by atoms with Crippen molar-refractivity contribution in [1.29, 1.82) is 0 Å². The molecule has 9 rings (SSSR count). The van der Waals surface area contributed by atoms with Crippen LogP contribution in [0, 0.1) is 0 Å². The van der Waals surface area contributed by atoms with Gasteiger partial charge in [0.05, 0.1) is 0 Å². The Morgan fingerprint density at radius 2 is 0.804 bits per heavy atom. The molecule has 0 radical (unpaired) electrons. The fraction of sp³-hybridized carbons (Fsp3) is 0.120. The van der Waals surface area contributed by atoms with Crippen molar-refractivity contribution in [3.63, 3.8) is 0 Å². The molecule has 6 aromatic rings. The van der Waals surface area contributed by atoms with Crippen molar-refractivity contribution >= 4 is 23.3 Å². The van der Waals surface area contributed by atoms with Crippen LogP contribution in [0.3, 0.4) is 0 Å². The summed E-state index contributed by atoms with van der Waals surface area (Å²) in [6.07, 6.45) is 10.6. The van der Waals surface area contributed by atoms with Crippen molar-refractivity contribution in [3.8, 4) is 22.3 Å². The number of hydrogen-bond acceptors (Lipinski definition) is 0. The Hall–Kier alpha value is -4.84. The van der Waals surface area contributed by atoms with Crippen LogP contribution in [0.5, 0.6) is 0 Å². The summed E-state index contributed by atoms with van der Waals surface area (Å²) in [4.78, 5) is 0. The standard InChI is InChI=1S/C34H28.C16H14.Zr/c1-23-21-27-15-9-17-31(25-11-5-3-6-12-25)33(27)29(23)19-20-30-24(2)22-28-16-10-18-32(34(28)30)26-13-7-4-8-14-26;1-3-9-15(10-4-1)13-7-8-14-16-11-5-2-6-12-16;/h3-18,21-22H,19-20H2,1-2H3;1-14H;. The van der Waals surface area contributed by atoms with Gasteiger partial charge in [-0.3, -0.25) is 0 Å². The Labute approximate surface area is 315 Å². The fourth-order valence-electron chi connectivity index (χ4n) is 8.17. The second-order valence-electron chi connectivity index (χ2n) is 13.7. The first kappa shape index (κ1) is 33.3. The van der Waals surface area contributed by atoms with Gasteiger partial charge in [-0.15, -0.1) is 0 Å². The van der Waals surface area contributed by atoms with Crippen LogP contribution in [0.2, 0.25) is 0 Å². The molecule has 4 bridgehead atoms. The minimum atomic E-state index is -0.848. The molecule has 246 valence electrons. The molecule has 1 heterocycles. The molecule has 1 heteroatoms. The molecule has 0 aromatic heterocycles. The van der Waals surface area contributed by atoms with Crippen LogP contribution in [0.15, 0.2) is 181 Å². The van der Waals surface area contributed by atoms with Gasteiger partial charge in [-0.1, -0.05) is 85.0 Å². The molecule has 0 fully saturated rings. The number of benzene rings is 6. The average molecular weight is 734 g/mol. The van der Waals surface area contributed by atoms with E-state index in [9.17, 15) is 0 Å². The van der Waals surface area contributed by atoms with Gasteiger partial charge in [0, 0.05) is 0 Å². The maximum absolute atomic E-state index is 2.45. The molecule has 0 spiro atoms. The van der Waals surface area contributed by atoms with Gasteiger partial charge in [-0.25, -0.2) is 0 Å². The van der Waals surface area contributed by atoms with E-state index < -0.39 is 23.2 Å². The molecule has 6 aromatic carbocycles. The predicted molar refractivity (Wildman–Crippen MR) is 215 cm³/mol. The van der Waals surface area contributed by atoms with Crippen molar-refractivity contribution in [1.82, 2.24) is 0 Å². The number of allylic oxidation sites excluding steroid dienone is 6. The quantitative estimate of drug-likeness (QED) is 0.155. The van der Waals surface area contributed by atoms with Crippen molar-refractivity contribution < 1.29 is 23.2 Å². The Balaban J connectivity index is 0.000000196. The van der Waals surface area contributed by atoms with Gasteiger partial charge in [-0.05, 0) is 11.1 Å². The second kappa shape index (κ2) is 15.2. The molecule has 2 unspecified atom stereocenters. The number of hydrogen-bond donors (Lipinski definition) is 0. The molecular formula is C50H42Zr. The maximum atomic E-state index is 2.45. The molecule has 3 aliphatic rings. The summed E-state index contributed by atoms with van der Waals surface area (Å²) in [6, 6.07) is 56.8. The number of fused-ring (bicyclic) bond motifs is 8. The molecule has 2 aliphatic carbocycles. The van der Waals surface area contributed by atoms with E-state index in [0.29, 0.717) is 7.25 Å². The summed E-state index contributed by atoms with van der Waals surface area (Å²) in [5.41, 5.74) is 21.0. The summed E-state index contributed by atoms with van der Waals surface area (Å²) < 4.78 is 1.33. The van der Waals surface area contributed by atoms with E-state index in [1.54, 1.807) is 44.5 Å². The van der Waals surface area contributed by atoms with Crippen LogP contribution in [-0.4, -0.2) is 0 Å². The summed E-state index contributed by atoms with van der Waals surface area (Å²) in [5.74, 6) is 0. The van der Waals surface area contributed by atoms with Gasteiger partial charge in [0.1, 0.15) is 0 Å². The molecule has 0 nitrogen and oxygen atoms in total. The summed E-state index contributed by atoms with van der Waals surface area (Å²) in [7, 11) is 0. The first-order valence-electron chi connectivity index (χ1n) is 18.1. The first-order chi connectivity index (χ1) is 25.2. The van der Waals surface area contributed by atoms with E-state index in [-0.39, 0.29) is 0 Å². The number of rotatable bonds is 5. The Morgan fingerprint density at radius 1 is 0.431 bits per heavy atom. The molecule has 51 heavy (non-hydrogen) atoms. The van der Waals surface area contributed by atoms with Crippen LogP contribution in [-0.2, 0) is 23.2 Å². The van der Waals surface area contributed by atoms with E-state index in [1.807, 2.05) is 36.4 Å². The zero-order valence-corrected chi connectivity index (χ0v) is 31.8. The third-order valence-corrected chi connectivity index (χ3v) is 15.9. The van der Waals surface area contributed by atoms with Gasteiger partial charge in [0.25, 0.3) is 0 Å². The zero-order chi connectivity index (χ0) is 34.6. The molecule has 2 atom stereocenters. The second-order valence-corrected chi connectivity index (χ2v) is 17.3. The van der Waals surface area contributed by atoms with E-state index in [4.69, 9.17) is 0 Å². The zero-order valence-electron chi connectivity index (χ0n) is 29.4. The Kier molecular flexibility index (Phi) is 9.92. The van der Waals surface area contributed by atoms with Crippen LogP contribution in [0.25, 0.3) is 45.6 Å². The van der Waals surface area contributed by atoms with Crippen LogP contribution in [0.1, 0.15) is 67.3 Å². The van der Waals surface area contributed by atoms with Crippen LogP contribution in [0.4, 0.5) is 0 Å². The molecule has 0 amide bonds. The van der Waals surface area contributed by atoms with Gasteiger partial charge < -0.3 is 0 Å². The average Bonchev–Trinajstić information content (AvgIpc) is 3.63. The van der Waals surface area contributed by atoms with E-state index >= 15 is 0 Å². The van der Waals surface area contributed by atoms with Gasteiger partial charge in [0.2, 0.25) is 0 Å². The minimum absolute atomic E-state index is 0.665. The third-order valence-electron chi connectivity index (χ3n) is 10.7. The summed E-state index contributed by atoms with van der Waals surface area (Å²) in [5, 5.41) is 0. The third kappa shape index (κ3) is 6.81. The summed E-state index contributed by atoms with van der Waals surface area (Å²) in [6.45, 7) is 4.91. The van der Waals surface area contributed by atoms with Crippen molar-refractivity contribution in [2.75, 3.05) is 0 Å². The van der Waals surface area contributed by atoms with Gasteiger partial charge in [-0.2, -0.15) is 0 Å². The molecule has 0 saturated heterocycles.